The maximum atomic E-state index is 6.56. The lowest BCUT2D eigenvalue weighted by molar-refractivity contribution is 0.672. The van der Waals surface area contributed by atoms with Crippen LogP contribution < -0.4 is 0 Å². The number of pyridine rings is 1. The van der Waals surface area contributed by atoms with E-state index in [4.69, 9.17) is 19.4 Å². The highest BCUT2D eigenvalue weighted by Crippen LogP contribution is 2.43. The Hall–Kier alpha value is -7.24. The molecule has 0 atom stereocenters. The molecule has 0 aliphatic carbocycles. The molecule has 246 valence electrons. The minimum atomic E-state index is 0.591. The van der Waals surface area contributed by atoms with Gasteiger partial charge in [-0.15, -0.1) is 0 Å². The summed E-state index contributed by atoms with van der Waals surface area (Å²) in [6.45, 7) is 0. The Kier molecular flexibility index (Phi) is 6.48. The van der Waals surface area contributed by atoms with Crippen LogP contribution in [0.1, 0.15) is 0 Å². The van der Waals surface area contributed by atoms with Crippen LogP contribution in [-0.2, 0) is 0 Å². The highest BCUT2D eigenvalue weighted by atomic mass is 16.3. The number of para-hydroxylation sites is 1. The predicted octanol–water partition coefficient (Wildman–Crippen LogP) is 12.4. The molecule has 0 radical (unpaired) electrons. The summed E-state index contributed by atoms with van der Waals surface area (Å²) in [7, 11) is 0. The van der Waals surface area contributed by atoms with Crippen molar-refractivity contribution in [2.75, 3.05) is 0 Å². The van der Waals surface area contributed by atoms with Crippen LogP contribution in [0.15, 0.2) is 174 Å². The largest absolute Gasteiger partial charge is 0.455 e. The topological polar surface area (TPSA) is 64.7 Å². The fraction of sp³-hybridized carbons (Fsp3) is 0. The predicted molar refractivity (Wildman–Crippen MR) is 217 cm³/mol. The Morgan fingerprint density at radius 2 is 1.06 bits per heavy atom. The molecule has 0 spiro atoms. The summed E-state index contributed by atoms with van der Waals surface area (Å²) in [5.41, 5.74) is 7.54. The molecule has 0 unspecified atom stereocenters. The van der Waals surface area contributed by atoms with Gasteiger partial charge in [-0.3, -0.25) is 4.98 Å². The molecule has 3 heterocycles. The van der Waals surface area contributed by atoms with E-state index in [0.29, 0.717) is 17.5 Å². The molecule has 8 aromatic carbocycles. The summed E-state index contributed by atoms with van der Waals surface area (Å²) in [6.07, 6.45) is 1.85. The molecule has 0 aliphatic rings. The van der Waals surface area contributed by atoms with Crippen LogP contribution in [0, 0.1) is 0 Å². The van der Waals surface area contributed by atoms with Crippen molar-refractivity contribution in [1.82, 2.24) is 19.9 Å². The Balaban J connectivity index is 1.21. The van der Waals surface area contributed by atoms with Gasteiger partial charge in [0.2, 0.25) is 0 Å². The number of aromatic nitrogens is 4. The van der Waals surface area contributed by atoms with Gasteiger partial charge >= 0.3 is 0 Å². The van der Waals surface area contributed by atoms with Crippen molar-refractivity contribution in [3.8, 4) is 45.3 Å². The highest BCUT2D eigenvalue weighted by molar-refractivity contribution is 6.22. The van der Waals surface area contributed by atoms with Crippen molar-refractivity contribution in [3.63, 3.8) is 0 Å². The van der Waals surface area contributed by atoms with Crippen molar-refractivity contribution < 1.29 is 4.42 Å². The van der Waals surface area contributed by atoms with E-state index in [-0.39, 0.29) is 0 Å². The van der Waals surface area contributed by atoms with Crippen LogP contribution in [0.25, 0.3) is 110 Å². The number of benzene rings is 8. The van der Waals surface area contributed by atoms with Crippen molar-refractivity contribution in [2.45, 2.75) is 0 Å². The van der Waals surface area contributed by atoms with E-state index in [9.17, 15) is 0 Å². The number of nitrogens with zero attached hydrogens (tertiary/aromatic N) is 4. The number of hydrogen-bond acceptors (Lipinski definition) is 5. The molecular formula is C48H28N4O. The Morgan fingerprint density at radius 1 is 0.377 bits per heavy atom. The lowest BCUT2D eigenvalue weighted by Gasteiger charge is -2.15. The smallest absolute Gasteiger partial charge is 0.164 e. The molecule has 0 bridgehead atoms. The zero-order valence-electron chi connectivity index (χ0n) is 28.4. The van der Waals surface area contributed by atoms with Gasteiger partial charge in [-0.1, -0.05) is 140 Å². The summed E-state index contributed by atoms with van der Waals surface area (Å²) in [6, 6.07) is 56.7. The molecule has 3 aromatic heterocycles. The van der Waals surface area contributed by atoms with Gasteiger partial charge in [0.1, 0.15) is 11.2 Å². The fourth-order valence-corrected chi connectivity index (χ4v) is 7.96. The molecule has 5 heteroatoms. The minimum absolute atomic E-state index is 0.591. The Labute approximate surface area is 303 Å². The van der Waals surface area contributed by atoms with Crippen LogP contribution in [0.4, 0.5) is 0 Å². The first-order valence-corrected chi connectivity index (χ1v) is 17.7. The quantitative estimate of drug-likeness (QED) is 0.174. The van der Waals surface area contributed by atoms with Crippen LogP contribution in [0.2, 0.25) is 0 Å². The normalized spacial score (nSPS) is 11.8. The average Bonchev–Trinajstić information content (AvgIpc) is 3.63. The maximum absolute atomic E-state index is 6.56. The lowest BCUT2D eigenvalue weighted by Crippen LogP contribution is -2.01. The van der Waals surface area contributed by atoms with Gasteiger partial charge in [0, 0.05) is 44.4 Å². The lowest BCUT2D eigenvalue weighted by atomic mass is 9.90. The highest BCUT2D eigenvalue weighted by Gasteiger charge is 2.22. The molecule has 11 aromatic rings. The zero-order valence-corrected chi connectivity index (χ0v) is 28.4. The third kappa shape index (κ3) is 4.64. The molecule has 5 nitrogen and oxygen atoms in total. The fourth-order valence-electron chi connectivity index (χ4n) is 7.96. The number of rotatable bonds is 4. The summed E-state index contributed by atoms with van der Waals surface area (Å²) in [5.74, 6) is 1.80. The van der Waals surface area contributed by atoms with E-state index in [1.807, 2.05) is 60.8 Å². The first kappa shape index (κ1) is 29.5. The molecule has 0 fully saturated rings. The maximum Gasteiger partial charge on any atom is 0.164 e. The standard InChI is InChI=1S/C48H28N4O/c1-2-12-30(13-3-1)46-50-47(52-48(51-46)40-28-31-14-4-5-16-32(31)45-44(40)39-19-8-9-22-42(39)53-45)38-18-7-6-17-33(38)36-20-10-15-29-23-24-34-35-21-11-27-49-41(35)26-25-37(34)43(29)36/h1-28H. The molecular weight excluding hydrogens is 649 g/mol. The molecule has 0 saturated heterocycles. The SMILES string of the molecule is c1ccc(-c2nc(-c3ccccc3-c3cccc4ccc5c6cccnc6ccc5c34)nc(-c3cc4ccccc4c4oc5ccccc5c34)n2)cc1. The molecule has 0 aliphatic heterocycles. The van der Waals surface area contributed by atoms with Crippen LogP contribution in [0.3, 0.4) is 0 Å². The zero-order chi connectivity index (χ0) is 34.9. The molecule has 0 N–H and O–H groups in total. The van der Waals surface area contributed by atoms with Crippen LogP contribution >= 0.6 is 0 Å². The Bertz CT molecular complexity index is 3240. The summed E-state index contributed by atoms with van der Waals surface area (Å²) < 4.78 is 6.56. The third-order valence-corrected chi connectivity index (χ3v) is 10.4. The second kappa shape index (κ2) is 11.7. The van der Waals surface area contributed by atoms with E-state index < -0.39 is 0 Å². The second-order valence-electron chi connectivity index (χ2n) is 13.4. The van der Waals surface area contributed by atoms with Crippen LogP contribution in [-0.4, -0.2) is 19.9 Å². The van der Waals surface area contributed by atoms with Gasteiger partial charge < -0.3 is 4.42 Å². The van der Waals surface area contributed by atoms with Gasteiger partial charge in [-0.05, 0) is 62.3 Å². The van der Waals surface area contributed by atoms with Crippen molar-refractivity contribution >= 4 is 65.2 Å². The van der Waals surface area contributed by atoms with Crippen molar-refractivity contribution in [2.24, 2.45) is 0 Å². The minimum Gasteiger partial charge on any atom is -0.455 e. The van der Waals surface area contributed by atoms with E-state index in [0.717, 1.165) is 71.4 Å². The van der Waals surface area contributed by atoms with Gasteiger partial charge in [0.25, 0.3) is 0 Å². The van der Waals surface area contributed by atoms with Gasteiger partial charge in [0.05, 0.1) is 5.52 Å². The van der Waals surface area contributed by atoms with E-state index in [2.05, 4.69) is 114 Å². The monoisotopic (exact) mass is 676 g/mol. The van der Waals surface area contributed by atoms with E-state index in [1.165, 1.54) is 21.5 Å². The number of hydrogen-bond donors (Lipinski definition) is 0. The average molecular weight is 677 g/mol. The molecule has 53 heavy (non-hydrogen) atoms. The third-order valence-electron chi connectivity index (χ3n) is 10.4. The second-order valence-corrected chi connectivity index (χ2v) is 13.4. The number of fused-ring (bicyclic) bond motifs is 10. The van der Waals surface area contributed by atoms with Crippen LogP contribution in [0.5, 0.6) is 0 Å². The van der Waals surface area contributed by atoms with Crippen molar-refractivity contribution in [3.05, 3.63) is 170 Å². The first-order chi connectivity index (χ1) is 26.3. The van der Waals surface area contributed by atoms with Gasteiger partial charge in [-0.2, -0.15) is 0 Å². The summed E-state index contributed by atoms with van der Waals surface area (Å²) in [4.78, 5) is 20.4. The molecule has 0 amide bonds. The van der Waals surface area contributed by atoms with Crippen molar-refractivity contribution in [1.29, 1.82) is 0 Å². The molecule has 0 saturated carbocycles. The van der Waals surface area contributed by atoms with E-state index >= 15 is 0 Å². The van der Waals surface area contributed by atoms with Gasteiger partial charge in [0.15, 0.2) is 17.5 Å². The molecule has 11 rings (SSSR count). The summed E-state index contributed by atoms with van der Waals surface area (Å²) in [5, 5.41) is 9.97. The van der Waals surface area contributed by atoms with E-state index in [1.54, 1.807) is 0 Å². The Morgan fingerprint density at radius 3 is 1.96 bits per heavy atom. The first-order valence-electron chi connectivity index (χ1n) is 17.7. The number of furan rings is 1. The van der Waals surface area contributed by atoms with Gasteiger partial charge in [-0.25, -0.2) is 15.0 Å². The summed E-state index contributed by atoms with van der Waals surface area (Å²) >= 11 is 0.